The summed E-state index contributed by atoms with van der Waals surface area (Å²) in [4.78, 5) is 10.5. The molecule has 0 aliphatic heterocycles. The molecule has 1 unspecified atom stereocenters. The lowest BCUT2D eigenvalue weighted by Gasteiger charge is -2.06. The summed E-state index contributed by atoms with van der Waals surface area (Å²) in [6, 6.07) is 0. The van der Waals surface area contributed by atoms with Crippen LogP contribution in [0.5, 0.6) is 0 Å². The van der Waals surface area contributed by atoms with Gasteiger partial charge in [-0.15, -0.1) is 0 Å². The van der Waals surface area contributed by atoms with E-state index in [1.165, 1.54) is 13.3 Å². The molecule has 0 aliphatic rings. The Bertz CT molecular complexity index is 171. The van der Waals surface area contributed by atoms with Crippen molar-refractivity contribution in [2.75, 3.05) is 0 Å². The smallest absolute Gasteiger partial charge is 0.303 e. The van der Waals surface area contributed by atoms with E-state index in [0.29, 0.717) is 0 Å². The van der Waals surface area contributed by atoms with E-state index in [4.69, 9.17) is 4.74 Å². The predicted molar refractivity (Wildman–Crippen MR) is 54.4 cm³/mol. The molecule has 0 aromatic rings. The van der Waals surface area contributed by atoms with Gasteiger partial charge in [0.15, 0.2) is 0 Å². The maximum atomic E-state index is 10.5. The van der Waals surface area contributed by atoms with Crippen molar-refractivity contribution >= 4 is 5.97 Å². The number of carbonyl (C=O) groups excluding carboxylic acids is 1. The Morgan fingerprint density at radius 3 is 2.46 bits per heavy atom. The van der Waals surface area contributed by atoms with Crippen molar-refractivity contribution in [3.05, 3.63) is 12.2 Å². The van der Waals surface area contributed by atoms with Crippen molar-refractivity contribution in [3.8, 4) is 0 Å². The van der Waals surface area contributed by atoms with Gasteiger partial charge >= 0.3 is 5.97 Å². The maximum absolute atomic E-state index is 10.5. The number of allylic oxidation sites excluding steroid dienone is 1. The van der Waals surface area contributed by atoms with Crippen molar-refractivity contribution in [2.24, 2.45) is 5.92 Å². The molecular formula is C11H20O2. The lowest BCUT2D eigenvalue weighted by Crippen LogP contribution is -2.08. The molecule has 0 aromatic carbocycles. The second-order valence-corrected chi connectivity index (χ2v) is 3.71. The lowest BCUT2D eigenvalue weighted by atomic mass is 10.1. The number of hydrogen-bond donors (Lipinski definition) is 0. The van der Waals surface area contributed by atoms with E-state index >= 15 is 0 Å². The molecule has 1 atom stereocenters. The van der Waals surface area contributed by atoms with Gasteiger partial charge < -0.3 is 4.74 Å². The predicted octanol–water partition coefficient (Wildman–Crippen LogP) is 2.93. The summed E-state index contributed by atoms with van der Waals surface area (Å²) in [5.41, 5.74) is 0. The highest BCUT2D eigenvalue weighted by Crippen LogP contribution is 2.04. The zero-order valence-corrected chi connectivity index (χ0v) is 9.04. The summed E-state index contributed by atoms with van der Waals surface area (Å²) in [5, 5.41) is 0. The van der Waals surface area contributed by atoms with Crippen LogP contribution in [-0.2, 0) is 9.53 Å². The molecule has 0 bridgehead atoms. The third-order valence-corrected chi connectivity index (χ3v) is 1.67. The van der Waals surface area contributed by atoms with E-state index in [0.717, 1.165) is 12.3 Å². The van der Waals surface area contributed by atoms with Crippen LogP contribution in [0.25, 0.3) is 0 Å². The monoisotopic (exact) mass is 184 g/mol. The molecule has 0 saturated carbocycles. The first-order chi connectivity index (χ1) is 6.02. The van der Waals surface area contributed by atoms with Gasteiger partial charge in [0.2, 0.25) is 0 Å². The van der Waals surface area contributed by atoms with Crippen LogP contribution in [0, 0.1) is 5.92 Å². The third kappa shape index (κ3) is 9.12. The molecule has 0 aromatic heterocycles. The first-order valence-corrected chi connectivity index (χ1v) is 4.86. The third-order valence-electron chi connectivity index (χ3n) is 1.67. The van der Waals surface area contributed by atoms with Crippen molar-refractivity contribution in [3.63, 3.8) is 0 Å². The summed E-state index contributed by atoms with van der Waals surface area (Å²) in [6.45, 7) is 7.69. The molecule has 13 heavy (non-hydrogen) atoms. The fourth-order valence-electron chi connectivity index (χ4n) is 1.02. The number of carbonyl (C=O) groups is 1. The maximum Gasteiger partial charge on any atom is 0.303 e. The first kappa shape index (κ1) is 12.2. The molecule has 0 N–H and O–H groups in total. The molecule has 76 valence electrons. The van der Waals surface area contributed by atoms with Gasteiger partial charge in [-0.3, -0.25) is 4.79 Å². The van der Waals surface area contributed by atoms with Gasteiger partial charge in [0.05, 0.1) is 0 Å². The van der Waals surface area contributed by atoms with Crippen LogP contribution in [-0.4, -0.2) is 12.1 Å². The van der Waals surface area contributed by atoms with Crippen LogP contribution in [0.1, 0.15) is 40.5 Å². The standard InChI is InChI=1S/C11H20O2/c1-9(2)7-5-6-8-10(3)13-11(4)12/h6,8-10H,5,7H2,1-4H3. The Hall–Kier alpha value is -0.790. The van der Waals surface area contributed by atoms with Crippen molar-refractivity contribution in [2.45, 2.75) is 46.6 Å². The van der Waals surface area contributed by atoms with Gasteiger partial charge in [0, 0.05) is 6.92 Å². The van der Waals surface area contributed by atoms with Crippen LogP contribution < -0.4 is 0 Å². The average Bonchev–Trinajstić information content (AvgIpc) is 1.96. The highest BCUT2D eigenvalue weighted by Gasteiger charge is 1.99. The average molecular weight is 184 g/mol. The van der Waals surface area contributed by atoms with E-state index in [-0.39, 0.29) is 12.1 Å². The Morgan fingerprint density at radius 2 is 2.00 bits per heavy atom. The van der Waals surface area contributed by atoms with Gasteiger partial charge in [-0.1, -0.05) is 19.9 Å². The molecule has 0 radical (unpaired) electrons. The number of esters is 1. The Morgan fingerprint density at radius 1 is 1.38 bits per heavy atom. The number of rotatable bonds is 5. The van der Waals surface area contributed by atoms with Crippen LogP contribution in [0.2, 0.25) is 0 Å². The highest BCUT2D eigenvalue weighted by atomic mass is 16.5. The van der Waals surface area contributed by atoms with Crippen molar-refractivity contribution in [1.82, 2.24) is 0 Å². The fourth-order valence-corrected chi connectivity index (χ4v) is 1.02. The molecule has 0 amide bonds. The quantitative estimate of drug-likeness (QED) is 0.485. The summed E-state index contributed by atoms with van der Waals surface area (Å²) in [6.07, 6.45) is 6.16. The first-order valence-electron chi connectivity index (χ1n) is 4.86. The van der Waals surface area contributed by atoms with Crippen LogP contribution in [0.4, 0.5) is 0 Å². The minimum absolute atomic E-state index is 0.0929. The summed E-state index contributed by atoms with van der Waals surface area (Å²) in [5.74, 6) is 0.509. The Kier molecular flexibility index (Phi) is 6.29. The topological polar surface area (TPSA) is 26.3 Å². The second-order valence-electron chi connectivity index (χ2n) is 3.71. The van der Waals surface area contributed by atoms with Crippen LogP contribution in [0.15, 0.2) is 12.2 Å². The molecule has 0 fully saturated rings. The molecule has 0 spiro atoms. The lowest BCUT2D eigenvalue weighted by molar-refractivity contribution is -0.143. The van der Waals surface area contributed by atoms with Crippen molar-refractivity contribution in [1.29, 1.82) is 0 Å². The summed E-state index contributed by atoms with van der Waals surface area (Å²) >= 11 is 0. The molecule has 0 saturated heterocycles. The van der Waals surface area contributed by atoms with E-state index in [9.17, 15) is 4.79 Å². The van der Waals surface area contributed by atoms with Crippen molar-refractivity contribution < 1.29 is 9.53 Å². The summed E-state index contributed by atoms with van der Waals surface area (Å²) < 4.78 is 4.93. The zero-order chi connectivity index (χ0) is 10.3. The molecule has 0 heterocycles. The molecule has 2 heteroatoms. The van der Waals surface area contributed by atoms with Gasteiger partial charge in [-0.05, 0) is 31.8 Å². The van der Waals surface area contributed by atoms with Gasteiger partial charge in [0.1, 0.15) is 6.10 Å². The van der Waals surface area contributed by atoms with E-state index in [1.54, 1.807) is 0 Å². The van der Waals surface area contributed by atoms with Gasteiger partial charge in [-0.25, -0.2) is 0 Å². The SMILES string of the molecule is CC(=O)OC(C)C=CCCC(C)C. The highest BCUT2D eigenvalue weighted by molar-refractivity contribution is 5.66. The largest absolute Gasteiger partial charge is 0.459 e. The van der Waals surface area contributed by atoms with E-state index < -0.39 is 0 Å². The minimum atomic E-state index is -0.221. The second kappa shape index (κ2) is 6.70. The number of hydrogen-bond acceptors (Lipinski definition) is 2. The van der Waals surface area contributed by atoms with Crippen LogP contribution in [0.3, 0.4) is 0 Å². The van der Waals surface area contributed by atoms with Gasteiger partial charge in [0.25, 0.3) is 0 Å². The molecule has 0 rings (SSSR count). The Labute approximate surface area is 81.0 Å². The van der Waals surface area contributed by atoms with E-state index in [1.807, 2.05) is 13.0 Å². The molecule has 2 nitrogen and oxygen atoms in total. The van der Waals surface area contributed by atoms with Crippen LogP contribution >= 0.6 is 0 Å². The van der Waals surface area contributed by atoms with E-state index in [2.05, 4.69) is 19.9 Å². The molecular weight excluding hydrogens is 164 g/mol. The fraction of sp³-hybridized carbons (Fsp3) is 0.727. The normalized spacial score (nSPS) is 13.6. The number of ether oxygens (including phenoxy) is 1. The molecule has 0 aliphatic carbocycles. The zero-order valence-electron chi connectivity index (χ0n) is 9.04. The van der Waals surface area contributed by atoms with Gasteiger partial charge in [-0.2, -0.15) is 0 Å². The minimum Gasteiger partial charge on any atom is -0.459 e. The Balaban J connectivity index is 3.53. The summed E-state index contributed by atoms with van der Waals surface area (Å²) in [7, 11) is 0.